The summed E-state index contributed by atoms with van der Waals surface area (Å²) in [4.78, 5) is 16.4. The molecule has 0 spiro atoms. The predicted molar refractivity (Wildman–Crippen MR) is 82.2 cm³/mol. The van der Waals surface area contributed by atoms with Crippen LogP contribution in [0.15, 0.2) is 28.9 Å². The number of carbonyl (C=O) groups is 1. The molecule has 0 saturated heterocycles. The molecule has 2 aromatic heterocycles. The van der Waals surface area contributed by atoms with Crippen LogP contribution < -0.4 is 0 Å². The number of nitrogens with zero attached hydrogens (tertiary/aromatic N) is 1. The largest absolute Gasteiger partial charge is 0.480 e. The molecule has 0 saturated carbocycles. The molecule has 0 atom stereocenters. The van der Waals surface area contributed by atoms with Crippen molar-refractivity contribution in [2.45, 2.75) is 6.92 Å². The number of furan rings is 1. The fourth-order valence-corrected chi connectivity index (χ4v) is 2.79. The summed E-state index contributed by atoms with van der Waals surface area (Å²) >= 11 is 6.13. The third-order valence-electron chi connectivity index (χ3n) is 3.50. The van der Waals surface area contributed by atoms with Gasteiger partial charge in [-0.1, -0.05) is 17.7 Å². The normalized spacial score (nSPS) is 11.0. The number of aromatic hydroxyl groups is 1. The Morgan fingerprint density at radius 3 is 2.78 bits per heavy atom. The van der Waals surface area contributed by atoms with Crippen LogP contribution in [0.3, 0.4) is 0 Å². The maximum Gasteiger partial charge on any atom is 0.340 e. The summed E-state index contributed by atoms with van der Waals surface area (Å²) in [5.74, 6) is -1.84. The average Bonchev–Trinajstić information content (AvgIpc) is 2.87. The maximum atomic E-state index is 14.4. The van der Waals surface area contributed by atoms with E-state index in [1.54, 1.807) is 6.92 Å². The first-order valence-electron chi connectivity index (χ1n) is 6.59. The molecule has 3 aromatic rings. The van der Waals surface area contributed by atoms with E-state index in [1.165, 1.54) is 31.6 Å². The topological polar surface area (TPSA) is 72.6 Å². The molecule has 23 heavy (non-hydrogen) atoms. The number of aryl methyl sites for hydroxylation is 1. The van der Waals surface area contributed by atoms with Gasteiger partial charge in [0.2, 0.25) is 0 Å². The maximum absolute atomic E-state index is 14.4. The van der Waals surface area contributed by atoms with E-state index in [0.717, 1.165) is 0 Å². The second-order valence-corrected chi connectivity index (χ2v) is 5.24. The molecule has 0 unspecified atom stereocenters. The molecule has 118 valence electrons. The quantitative estimate of drug-likeness (QED) is 0.714. The van der Waals surface area contributed by atoms with E-state index in [-0.39, 0.29) is 32.6 Å². The molecule has 1 aromatic carbocycles. The molecule has 2 heterocycles. The van der Waals surface area contributed by atoms with E-state index in [9.17, 15) is 14.3 Å². The Balaban J connectivity index is 2.55. The molecule has 1 N–H and O–H groups in total. The molecule has 0 radical (unpaired) electrons. The lowest BCUT2D eigenvalue weighted by atomic mass is 9.95. The van der Waals surface area contributed by atoms with Crippen molar-refractivity contribution < 1.29 is 23.4 Å². The van der Waals surface area contributed by atoms with Gasteiger partial charge in [-0.3, -0.25) is 0 Å². The zero-order chi connectivity index (χ0) is 16.7. The number of hydrogen-bond donors (Lipinski definition) is 1. The summed E-state index contributed by atoms with van der Waals surface area (Å²) in [6, 6.07) is 4.14. The van der Waals surface area contributed by atoms with Crippen LogP contribution in [0.5, 0.6) is 5.95 Å². The summed E-state index contributed by atoms with van der Waals surface area (Å²) in [6.45, 7) is 1.58. The van der Waals surface area contributed by atoms with E-state index in [0.29, 0.717) is 5.69 Å². The van der Waals surface area contributed by atoms with Crippen LogP contribution in [-0.4, -0.2) is 23.2 Å². The van der Waals surface area contributed by atoms with Crippen LogP contribution >= 0.6 is 11.6 Å². The number of esters is 1. The van der Waals surface area contributed by atoms with Gasteiger partial charge < -0.3 is 14.3 Å². The van der Waals surface area contributed by atoms with Gasteiger partial charge in [-0.05, 0) is 19.1 Å². The molecule has 0 aliphatic rings. The van der Waals surface area contributed by atoms with Crippen LogP contribution in [0.2, 0.25) is 5.02 Å². The molecule has 0 fully saturated rings. The molecular formula is C16H11ClFNO4. The standard InChI is InChI=1S/C16H11ClFNO4/c1-7-11(15(20)22-2)14(12-8(17)4-3-5-9(12)18)13-10(19-7)6-23-16(13)21/h3-6,21H,1-2H3. The minimum atomic E-state index is -0.716. The lowest BCUT2D eigenvalue weighted by Gasteiger charge is -2.14. The van der Waals surface area contributed by atoms with Crippen LogP contribution in [-0.2, 0) is 4.74 Å². The number of hydrogen-bond acceptors (Lipinski definition) is 5. The molecule has 5 nitrogen and oxygen atoms in total. The minimum Gasteiger partial charge on any atom is -0.480 e. The van der Waals surface area contributed by atoms with Crippen molar-refractivity contribution in [3.05, 3.63) is 46.6 Å². The highest BCUT2D eigenvalue weighted by Gasteiger charge is 2.27. The van der Waals surface area contributed by atoms with E-state index in [1.807, 2.05) is 0 Å². The zero-order valence-electron chi connectivity index (χ0n) is 12.2. The van der Waals surface area contributed by atoms with Crippen molar-refractivity contribution >= 4 is 28.5 Å². The number of methoxy groups -OCH3 is 1. The second-order valence-electron chi connectivity index (χ2n) is 4.84. The number of halogens is 2. The third kappa shape index (κ3) is 2.31. The van der Waals surface area contributed by atoms with Crippen LogP contribution in [0.4, 0.5) is 4.39 Å². The zero-order valence-corrected chi connectivity index (χ0v) is 12.9. The number of carbonyl (C=O) groups excluding carboxylic acids is 1. The molecule has 0 aliphatic carbocycles. The van der Waals surface area contributed by atoms with Gasteiger partial charge in [0.1, 0.15) is 17.6 Å². The fraction of sp³-hybridized carbons (Fsp3) is 0.125. The highest BCUT2D eigenvalue weighted by molar-refractivity contribution is 6.34. The van der Waals surface area contributed by atoms with Gasteiger partial charge in [-0.15, -0.1) is 0 Å². The number of ether oxygens (including phenoxy) is 1. The Morgan fingerprint density at radius 2 is 2.13 bits per heavy atom. The molecular weight excluding hydrogens is 325 g/mol. The Morgan fingerprint density at radius 1 is 1.39 bits per heavy atom. The summed E-state index contributed by atoms with van der Waals surface area (Å²) in [7, 11) is 1.20. The summed E-state index contributed by atoms with van der Waals surface area (Å²) in [6.07, 6.45) is 1.22. The summed E-state index contributed by atoms with van der Waals surface area (Å²) < 4.78 is 24.1. The number of rotatable bonds is 2. The van der Waals surface area contributed by atoms with Gasteiger partial charge in [0, 0.05) is 11.1 Å². The van der Waals surface area contributed by atoms with Crippen molar-refractivity contribution in [3.8, 4) is 17.1 Å². The fourth-order valence-electron chi connectivity index (χ4n) is 2.54. The van der Waals surface area contributed by atoms with E-state index in [4.69, 9.17) is 20.8 Å². The second kappa shape index (κ2) is 5.55. The van der Waals surface area contributed by atoms with Gasteiger partial charge in [-0.2, -0.15) is 0 Å². The Labute approximate surface area is 135 Å². The van der Waals surface area contributed by atoms with Crippen molar-refractivity contribution in [3.63, 3.8) is 0 Å². The average molecular weight is 336 g/mol. The minimum absolute atomic E-state index is 0.0173. The first-order chi connectivity index (χ1) is 11.0. The molecule has 3 rings (SSSR count). The highest BCUT2D eigenvalue weighted by Crippen LogP contribution is 2.42. The van der Waals surface area contributed by atoms with Gasteiger partial charge in [0.15, 0.2) is 0 Å². The SMILES string of the molecule is COC(=O)c1c(C)nc2coc(O)c2c1-c1c(F)cccc1Cl. The lowest BCUT2D eigenvalue weighted by Crippen LogP contribution is -2.09. The smallest absolute Gasteiger partial charge is 0.340 e. The van der Waals surface area contributed by atoms with Gasteiger partial charge >= 0.3 is 5.97 Å². The van der Waals surface area contributed by atoms with Gasteiger partial charge in [-0.25, -0.2) is 14.2 Å². The number of fused-ring (bicyclic) bond motifs is 1. The van der Waals surface area contributed by atoms with Crippen molar-refractivity contribution in [2.24, 2.45) is 0 Å². The Hall–Kier alpha value is -2.60. The van der Waals surface area contributed by atoms with E-state index >= 15 is 0 Å². The molecule has 0 bridgehead atoms. The van der Waals surface area contributed by atoms with Crippen LogP contribution in [0, 0.1) is 12.7 Å². The Kier molecular flexibility index (Phi) is 3.69. The highest BCUT2D eigenvalue weighted by atomic mass is 35.5. The van der Waals surface area contributed by atoms with Crippen LogP contribution in [0.25, 0.3) is 22.0 Å². The number of pyridine rings is 1. The Bertz CT molecular complexity index is 915. The molecule has 0 amide bonds. The van der Waals surface area contributed by atoms with Gasteiger partial charge in [0.25, 0.3) is 5.95 Å². The van der Waals surface area contributed by atoms with Crippen molar-refractivity contribution in [1.29, 1.82) is 0 Å². The van der Waals surface area contributed by atoms with Gasteiger partial charge in [0.05, 0.1) is 28.8 Å². The van der Waals surface area contributed by atoms with Crippen LogP contribution in [0.1, 0.15) is 16.1 Å². The van der Waals surface area contributed by atoms with E-state index < -0.39 is 17.7 Å². The summed E-state index contributed by atoms with van der Waals surface area (Å²) in [5, 5.41) is 10.2. The third-order valence-corrected chi connectivity index (χ3v) is 3.82. The number of benzene rings is 1. The number of aromatic nitrogens is 1. The molecule has 0 aliphatic heterocycles. The lowest BCUT2D eigenvalue weighted by molar-refractivity contribution is 0.0600. The predicted octanol–water partition coefficient (Wildman–Crippen LogP) is 4.09. The van der Waals surface area contributed by atoms with E-state index in [2.05, 4.69) is 4.98 Å². The molecule has 7 heteroatoms. The van der Waals surface area contributed by atoms with Crippen molar-refractivity contribution in [2.75, 3.05) is 7.11 Å². The first kappa shape index (κ1) is 15.3. The first-order valence-corrected chi connectivity index (χ1v) is 6.97. The summed E-state index contributed by atoms with van der Waals surface area (Å²) in [5.41, 5.74) is 0.667. The van der Waals surface area contributed by atoms with Crippen molar-refractivity contribution in [1.82, 2.24) is 4.98 Å². The monoisotopic (exact) mass is 335 g/mol.